The molecule has 0 saturated carbocycles. The van der Waals surface area contributed by atoms with Crippen LogP contribution in [0.3, 0.4) is 0 Å². The molecule has 0 fully saturated rings. The third-order valence-corrected chi connectivity index (χ3v) is 3.34. The molecule has 5 heteroatoms. The van der Waals surface area contributed by atoms with E-state index in [1.807, 2.05) is 30.3 Å². The average Bonchev–Trinajstić information content (AvgIpc) is 2.61. The molecule has 0 amide bonds. The van der Waals surface area contributed by atoms with Crippen LogP contribution in [0.25, 0.3) is 6.08 Å². The number of aliphatic carboxylic acids is 1. The van der Waals surface area contributed by atoms with Crippen LogP contribution in [0.4, 0.5) is 0 Å². The first kappa shape index (κ1) is 17.1. The summed E-state index contributed by atoms with van der Waals surface area (Å²) in [5, 5.41) is 17.7. The quantitative estimate of drug-likeness (QED) is 0.624. The first-order valence-corrected chi connectivity index (χ1v) is 7.34. The Morgan fingerprint density at radius 2 is 1.96 bits per heavy atom. The number of rotatable bonds is 7. The van der Waals surface area contributed by atoms with Crippen molar-refractivity contribution in [3.05, 3.63) is 65.2 Å². The predicted molar refractivity (Wildman–Crippen MR) is 89.9 cm³/mol. The van der Waals surface area contributed by atoms with Crippen LogP contribution in [-0.4, -0.2) is 24.8 Å². The molecule has 0 unspecified atom stereocenters. The molecule has 0 saturated heterocycles. The maximum Gasteiger partial charge on any atom is 0.346 e. The molecule has 2 rings (SSSR count). The Morgan fingerprint density at radius 3 is 2.58 bits per heavy atom. The van der Waals surface area contributed by atoms with Gasteiger partial charge in [-0.25, -0.2) is 4.79 Å². The van der Waals surface area contributed by atoms with Gasteiger partial charge in [0.2, 0.25) is 0 Å². The minimum atomic E-state index is -1.26. The van der Waals surface area contributed by atoms with Crippen LogP contribution < -0.4 is 9.47 Å². The Bertz CT molecular complexity index is 776. The number of nitrogens with zero attached hydrogens (tertiary/aromatic N) is 1. The summed E-state index contributed by atoms with van der Waals surface area (Å²) in [5.74, 6) is -0.210. The highest BCUT2D eigenvalue weighted by molar-refractivity contribution is 5.96. The van der Waals surface area contributed by atoms with Gasteiger partial charge in [0.1, 0.15) is 11.6 Å². The number of carboxylic acid groups (broad SMARTS) is 1. The Balaban J connectivity index is 2.09. The SMILES string of the molecule is COc1cc(C=C(C#N)C(=O)O)ccc1OCCc1ccccc1. The Kier molecular flexibility index (Phi) is 5.98. The van der Waals surface area contributed by atoms with E-state index < -0.39 is 5.97 Å². The number of nitriles is 1. The second kappa shape index (κ2) is 8.39. The van der Waals surface area contributed by atoms with E-state index in [4.69, 9.17) is 19.8 Å². The molecule has 5 nitrogen and oxygen atoms in total. The highest BCUT2D eigenvalue weighted by Gasteiger charge is 2.09. The lowest BCUT2D eigenvalue weighted by Gasteiger charge is -2.11. The summed E-state index contributed by atoms with van der Waals surface area (Å²) in [5.41, 5.74) is 1.40. The molecule has 122 valence electrons. The van der Waals surface area contributed by atoms with Gasteiger partial charge in [0.25, 0.3) is 0 Å². The van der Waals surface area contributed by atoms with Crippen LogP contribution in [-0.2, 0) is 11.2 Å². The van der Waals surface area contributed by atoms with Gasteiger partial charge < -0.3 is 14.6 Å². The van der Waals surface area contributed by atoms with Crippen LogP contribution in [0.1, 0.15) is 11.1 Å². The maximum absolute atomic E-state index is 10.9. The van der Waals surface area contributed by atoms with E-state index in [0.717, 1.165) is 6.42 Å². The monoisotopic (exact) mass is 323 g/mol. The highest BCUT2D eigenvalue weighted by Crippen LogP contribution is 2.29. The summed E-state index contributed by atoms with van der Waals surface area (Å²) in [6.45, 7) is 0.494. The van der Waals surface area contributed by atoms with Gasteiger partial charge in [0.05, 0.1) is 13.7 Å². The van der Waals surface area contributed by atoms with E-state index in [1.54, 1.807) is 24.3 Å². The number of ether oxygens (including phenoxy) is 2. The fourth-order valence-corrected chi connectivity index (χ4v) is 2.13. The largest absolute Gasteiger partial charge is 0.493 e. The summed E-state index contributed by atoms with van der Waals surface area (Å²) >= 11 is 0. The predicted octanol–water partition coefficient (Wildman–Crippen LogP) is 3.31. The Morgan fingerprint density at radius 1 is 1.21 bits per heavy atom. The van der Waals surface area contributed by atoms with Gasteiger partial charge >= 0.3 is 5.97 Å². The minimum Gasteiger partial charge on any atom is -0.493 e. The van der Waals surface area contributed by atoms with Crippen molar-refractivity contribution in [2.24, 2.45) is 0 Å². The van der Waals surface area contributed by atoms with Gasteiger partial charge in [0.15, 0.2) is 11.5 Å². The molecule has 0 bridgehead atoms. The molecule has 0 aromatic heterocycles. The summed E-state index contributed by atoms with van der Waals surface area (Å²) in [7, 11) is 1.51. The van der Waals surface area contributed by atoms with Gasteiger partial charge in [-0.1, -0.05) is 36.4 Å². The first-order valence-electron chi connectivity index (χ1n) is 7.34. The number of benzene rings is 2. The average molecular weight is 323 g/mol. The number of carbonyl (C=O) groups is 1. The fourth-order valence-electron chi connectivity index (χ4n) is 2.13. The van der Waals surface area contributed by atoms with Crippen molar-refractivity contribution in [3.8, 4) is 17.6 Å². The van der Waals surface area contributed by atoms with E-state index in [-0.39, 0.29) is 5.57 Å². The van der Waals surface area contributed by atoms with Crippen LogP contribution in [0.15, 0.2) is 54.1 Å². The van der Waals surface area contributed by atoms with Crippen LogP contribution >= 0.6 is 0 Å². The number of hydrogen-bond donors (Lipinski definition) is 1. The zero-order valence-electron chi connectivity index (χ0n) is 13.2. The van der Waals surface area contributed by atoms with E-state index in [1.165, 1.54) is 18.7 Å². The first-order chi connectivity index (χ1) is 11.6. The Labute approximate surface area is 140 Å². The molecule has 2 aromatic carbocycles. The minimum absolute atomic E-state index is 0.338. The normalized spacial score (nSPS) is 10.8. The molecule has 2 aromatic rings. The standard InChI is InChI=1S/C19H17NO4/c1-23-18-12-15(11-16(13-20)19(21)22)7-8-17(18)24-10-9-14-5-3-2-4-6-14/h2-8,11-12H,9-10H2,1H3,(H,21,22). The third kappa shape index (κ3) is 4.62. The number of methoxy groups -OCH3 is 1. The van der Waals surface area contributed by atoms with E-state index in [9.17, 15) is 4.79 Å². The molecule has 1 N–H and O–H groups in total. The zero-order chi connectivity index (χ0) is 17.4. The topological polar surface area (TPSA) is 79.5 Å². The van der Waals surface area contributed by atoms with Crippen molar-refractivity contribution in [1.82, 2.24) is 0 Å². The Hall–Kier alpha value is -3.26. The lowest BCUT2D eigenvalue weighted by Crippen LogP contribution is -2.03. The maximum atomic E-state index is 10.9. The lowest BCUT2D eigenvalue weighted by atomic mass is 10.1. The van der Waals surface area contributed by atoms with E-state index in [2.05, 4.69) is 0 Å². The number of hydrogen-bond acceptors (Lipinski definition) is 4. The molecule has 0 aliphatic heterocycles. The van der Waals surface area contributed by atoms with E-state index in [0.29, 0.717) is 23.7 Å². The smallest absolute Gasteiger partial charge is 0.346 e. The highest BCUT2D eigenvalue weighted by atomic mass is 16.5. The van der Waals surface area contributed by atoms with Crippen molar-refractivity contribution in [1.29, 1.82) is 5.26 Å². The summed E-state index contributed by atoms with van der Waals surface area (Å²) in [6.07, 6.45) is 2.06. The second-order valence-electron chi connectivity index (χ2n) is 4.97. The summed E-state index contributed by atoms with van der Waals surface area (Å²) in [4.78, 5) is 10.9. The molecular formula is C19H17NO4. The second-order valence-corrected chi connectivity index (χ2v) is 4.97. The molecule has 0 aliphatic rings. The third-order valence-electron chi connectivity index (χ3n) is 3.34. The van der Waals surface area contributed by atoms with Crippen molar-refractivity contribution in [2.45, 2.75) is 6.42 Å². The van der Waals surface area contributed by atoms with Crippen LogP contribution in [0.2, 0.25) is 0 Å². The summed E-state index contributed by atoms with van der Waals surface area (Å²) in [6, 6.07) is 16.6. The fraction of sp³-hybridized carbons (Fsp3) is 0.158. The van der Waals surface area contributed by atoms with Crippen LogP contribution in [0.5, 0.6) is 11.5 Å². The number of carboxylic acids is 1. The molecular weight excluding hydrogens is 306 g/mol. The molecule has 0 heterocycles. The molecule has 0 radical (unpaired) electrons. The van der Waals surface area contributed by atoms with Gasteiger partial charge in [0, 0.05) is 6.42 Å². The van der Waals surface area contributed by atoms with Gasteiger partial charge in [-0.2, -0.15) is 5.26 Å². The summed E-state index contributed by atoms with van der Waals surface area (Å²) < 4.78 is 11.0. The van der Waals surface area contributed by atoms with Crippen LogP contribution in [0, 0.1) is 11.3 Å². The zero-order valence-corrected chi connectivity index (χ0v) is 13.2. The molecule has 0 aliphatic carbocycles. The van der Waals surface area contributed by atoms with Crippen molar-refractivity contribution in [3.63, 3.8) is 0 Å². The molecule has 0 spiro atoms. The van der Waals surface area contributed by atoms with Gasteiger partial charge in [-0.05, 0) is 29.3 Å². The van der Waals surface area contributed by atoms with Crippen molar-refractivity contribution < 1.29 is 19.4 Å². The molecule has 0 atom stereocenters. The van der Waals surface area contributed by atoms with Gasteiger partial charge in [-0.15, -0.1) is 0 Å². The van der Waals surface area contributed by atoms with Crippen molar-refractivity contribution in [2.75, 3.05) is 13.7 Å². The van der Waals surface area contributed by atoms with Gasteiger partial charge in [-0.3, -0.25) is 0 Å². The van der Waals surface area contributed by atoms with E-state index >= 15 is 0 Å². The lowest BCUT2D eigenvalue weighted by molar-refractivity contribution is -0.132. The van der Waals surface area contributed by atoms with Crippen molar-refractivity contribution >= 4 is 12.0 Å². The molecule has 24 heavy (non-hydrogen) atoms.